The Labute approximate surface area is 185 Å². The quantitative estimate of drug-likeness (QED) is 0.554. The van der Waals surface area contributed by atoms with Crippen LogP contribution in [-0.2, 0) is 9.53 Å². The van der Waals surface area contributed by atoms with Gasteiger partial charge in [-0.15, -0.1) is 0 Å². The molecule has 1 aliphatic heterocycles. The first-order valence-corrected chi connectivity index (χ1v) is 10.2. The summed E-state index contributed by atoms with van der Waals surface area (Å²) in [7, 11) is 3.07. The van der Waals surface area contributed by atoms with Crippen molar-refractivity contribution in [3.05, 3.63) is 53.9 Å². The zero-order valence-electron chi connectivity index (χ0n) is 18.2. The summed E-state index contributed by atoms with van der Waals surface area (Å²) in [6.07, 6.45) is -0.501. The maximum absolute atomic E-state index is 12.8. The molecule has 3 aromatic rings. The molecule has 168 valence electrons. The van der Waals surface area contributed by atoms with Crippen LogP contribution >= 0.6 is 0 Å². The highest BCUT2D eigenvalue weighted by Gasteiger charge is 2.30. The number of ether oxygens (including phenoxy) is 4. The summed E-state index contributed by atoms with van der Waals surface area (Å²) in [4.78, 5) is 19.0. The van der Waals surface area contributed by atoms with Crippen molar-refractivity contribution in [2.75, 3.05) is 40.5 Å². The van der Waals surface area contributed by atoms with Gasteiger partial charge in [-0.3, -0.25) is 4.79 Å². The highest BCUT2D eigenvalue weighted by Crippen LogP contribution is 2.36. The third-order valence-corrected chi connectivity index (χ3v) is 5.24. The van der Waals surface area contributed by atoms with Crippen molar-refractivity contribution in [3.63, 3.8) is 0 Å². The maximum Gasteiger partial charge on any atom is 0.260 e. The van der Waals surface area contributed by atoms with Gasteiger partial charge >= 0.3 is 0 Å². The molecule has 9 heteroatoms. The number of methoxy groups -OCH3 is 2. The third kappa shape index (κ3) is 4.52. The Morgan fingerprint density at radius 3 is 2.59 bits per heavy atom. The van der Waals surface area contributed by atoms with Gasteiger partial charge < -0.3 is 28.4 Å². The summed E-state index contributed by atoms with van der Waals surface area (Å²) in [5.74, 6) is 2.02. The zero-order valence-corrected chi connectivity index (χ0v) is 18.2. The number of carbonyl (C=O) groups is 1. The van der Waals surface area contributed by atoms with Gasteiger partial charge in [0.2, 0.25) is 11.6 Å². The van der Waals surface area contributed by atoms with Gasteiger partial charge in [-0.05, 0) is 24.6 Å². The Bertz CT molecular complexity index is 1060. The molecular formula is C23H25N3O6. The van der Waals surface area contributed by atoms with Crippen LogP contribution in [0.3, 0.4) is 0 Å². The molecule has 9 nitrogen and oxygen atoms in total. The molecule has 2 aromatic carbocycles. The van der Waals surface area contributed by atoms with E-state index >= 15 is 0 Å². The average molecular weight is 439 g/mol. The number of para-hydroxylation sites is 1. The molecule has 0 saturated carbocycles. The Morgan fingerprint density at radius 1 is 1.12 bits per heavy atom. The molecule has 1 saturated heterocycles. The van der Waals surface area contributed by atoms with Gasteiger partial charge in [0.05, 0.1) is 27.4 Å². The highest BCUT2D eigenvalue weighted by atomic mass is 16.5. The lowest BCUT2D eigenvalue weighted by molar-refractivity contribution is -0.142. The Balaban J connectivity index is 1.42. The summed E-state index contributed by atoms with van der Waals surface area (Å²) < 4.78 is 27.6. The van der Waals surface area contributed by atoms with E-state index in [1.165, 1.54) is 14.2 Å². The highest BCUT2D eigenvalue weighted by molar-refractivity contribution is 5.78. The summed E-state index contributed by atoms with van der Waals surface area (Å²) >= 11 is 0. The van der Waals surface area contributed by atoms with E-state index in [2.05, 4.69) is 10.1 Å². The Kier molecular flexibility index (Phi) is 6.55. The minimum absolute atomic E-state index is 0.165. The van der Waals surface area contributed by atoms with E-state index in [0.717, 1.165) is 11.1 Å². The third-order valence-electron chi connectivity index (χ3n) is 5.24. The average Bonchev–Trinajstić information content (AvgIpc) is 3.32. The van der Waals surface area contributed by atoms with Gasteiger partial charge in [0.1, 0.15) is 0 Å². The van der Waals surface area contributed by atoms with Crippen LogP contribution in [0.25, 0.3) is 11.4 Å². The van der Waals surface area contributed by atoms with Gasteiger partial charge in [-0.1, -0.05) is 35.5 Å². The van der Waals surface area contributed by atoms with E-state index in [9.17, 15) is 4.79 Å². The summed E-state index contributed by atoms with van der Waals surface area (Å²) in [5, 5.41) is 4.08. The molecule has 1 atom stereocenters. The summed E-state index contributed by atoms with van der Waals surface area (Å²) in [5.41, 5.74) is 1.94. The predicted molar refractivity (Wildman–Crippen MR) is 115 cm³/mol. The Morgan fingerprint density at radius 2 is 1.88 bits per heavy atom. The minimum atomic E-state index is -0.501. The number of aromatic nitrogens is 2. The van der Waals surface area contributed by atoms with E-state index in [1.54, 1.807) is 23.1 Å². The second-order valence-corrected chi connectivity index (χ2v) is 7.25. The summed E-state index contributed by atoms with van der Waals surface area (Å²) in [6, 6.07) is 13.1. The first-order valence-electron chi connectivity index (χ1n) is 10.2. The van der Waals surface area contributed by atoms with Crippen molar-refractivity contribution in [2.24, 2.45) is 0 Å². The van der Waals surface area contributed by atoms with Crippen molar-refractivity contribution in [3.8, 4) is 28.6 Å². The van der Waals surface area contributed by atoms with Crippen molar-refractivity contribution >= 4 is 5.91 Å². The van der Waals surface area contributed by atoms with Crippen molar-refractivity contribution < 1.29 is 28.3 Å². The van der Waals surface area contributed by atoms with E-state index in [0.29, 0.717) is 48.7 Å². The van der Waals surface area contributed by atoms with Gasteiger partial charge in [0, 0.05) is 12.1 Å². The SMILES string of the molecule is COc1cccc(OC)c1OCC(=O)N1CCO[C@H](c2nc(-c3ccccc3C)no2)C1. The van der Waals surface area contributed by atoms with E-state index in [-0.39, 0.29) is 12.5 Å². The van der Waals surface area contributed by atoms with Gasteiger partial charge in [0.15, 0.2) is 24.2 Å². The Hall–Kier alpha value is -3.59. The fraction of sp³-hybridized carbons (Fsp3) is 0.348. The van der Waals surface area contributed by atoms with Crippen LogP contribution in [0.1, 0.15) is 17.6 Å². The number of rotatable bonds is 7. The van der Waals surface area contributed by atoms with Crippen LogP contribution in [0.2, 0.25) is 0 Å². The molecule has 0 N–H and O–H groups in total. The van der Waals surface area contributed by atoms with Crippen LogP contribution < -0.4 is 14.2 Å². The molecule has 0 aliphatic carbocycles. The summed E-state index contributed by atoms with van der Waals surface area (Å²) in [6.45, 7) is 2.92. The van der Waals surface area contributed by atoms with E-state index in [4.69, 9.17) is 23.5 Å². The standard InChI is InChI=1S/C23H25N3O6/c1-15-7-4-5-8-16(15)22-24-23(32-25-22)19-13-26(11-12-30-19)20(27)14-31-21-17(28-2)9-6-10-18(21)29-3/h4-10,19H,11-14H2,1-3H3/t19-/m0/s1. The lowest BCUT2D eigenvalue weighted by Gasteiger charge is -2.31. The van der Waals surface area contributed by atoms with Gasteiger partial charge in [-0.25, -0.2) is 0 Å². The normalized spacial score (nSPS) is 16.0. The maximum atomic E-state index is 12.8. The first-order chi connectivity index (χ1) is 15.6. The number of hydrogen-bond acceptors (Lipinski definition) is 8. The molecular weight excluding hydrogens is 414 g/mol. The van der Waals surface area contributed by atoms with Gasteiger partial charge in [0.25, 0.3) is 11.8 Å². The number of amides is 1. The van der Waals surface area contributed by atoms with Gasteiger partial charge in [-0.2, -0.15) is 4.98 Å². The zero-order chi connectivity index (χ0) is 22.5. The lowest BCUT2D eigenvalue weighted by Crippen LogP contribution is -2.44. The molecule has 2 heterocycles. The molecule has 0 unspecified atom stereocenters. The molecule has 0 bridgehead atoms. The molecule has 0 spiro atoms. The van der Waals surface area contributed by atoms with E-state index in [1.807, 2.05) is 31.2 Å². The second-order valence-electron chi connectivity index (χ2n) is 7.25. The number of morpholine rings is 1. The molecule has 1 aromatic heterocycles. The van der Waals surface area contributed by atoms with Crippen molar-refractivity contribution in [1.29, 1.82) is 0 Å². The van der Waals surface area contributed by atoms with Crippen LogP contribution in [0.15, 0.2) is 47.0 Å². The predicted octanol–water partition coefficient (Wildman–Crippen LogP) is 3.04. The molecule has 1 aliphatic rings. The topological polar surface area (TPSA) is 96.2 Å². The van der Waals surface area contributed by atoms with Crippen LogP contribution in [0.5, 0.6) is 17.2 Å². The van der Waals surface area contributed by atoms with Crippen LogP contribution in [0, 0.1) is 6.92 Å². The number of hydrogen-bond donors (Lipinski definition) is 0. The van der Waals surface area contributed by atoms with E-state index < -0.39 is 6.10 Å². The second kappa shape index (κ2) is 9.69. The number of benzene rings is 2. The molecule has 32 heavy (non-hydrogen) atoms. The molecule has 0 radical (unpaired) electrons. The number of nitrogens with zero attached hydrogens (tertiary/aromatic N) is 3. The smallest absolute Gasteiger partial charge is 0.260 e. The fourth-order valence-electron chi connectivity index (χ4n) is 3.51. The molecule has 1 amide bonds. The monoisotopic (exact) mass is 439 g/mol. The largest absolute Gasteiger partial charge is 0.493 e. The fourth-order valence-corrected chi connectivity index (χ4v) is 3.51. The molecule has 1 fully saturated rings. The first kappa shape index (κ1) is 21.6. The molecule has 4 rings (SSSR count). The van der Waals surface area contributed by atoms with Crippen molar-refractivity contribution in [1.82, 2.24) is 15.0 Å². The van der Waals surface area contributed by atoms with Crippen LogP contribution in [0.4, 0.5) is 0 Å². The van der Waals surface area contributed by atoms with Crippen LogP contribution in [-0.4, -0.2) is 61.5 Å². The number of aryl methyl sites for hydroxylation is 1. The van der Waals surface area contributed by atoms with Crippen molar-refractivity contribution in [2.45, 2.75) is 13.0 Å². The number of carbonyl (C=O) groups excluding carboxylic acids is 1. The minimum Gasteiger partial charge on any atom is -0.493 e. The lowest BCUT2D eigenvalue weighted by atomic mass is 10.1.